The summed E-state index contributed by atoms with van der Waals surface area (Å²) in [6.07, 6.45) is 3.87. The monoisotopic (exact) mass is 461 g/mol. The van der Waals surface area contributed by atoms with Gasteiger partial charge in [-0.15, -0.1) is 0 Å². The lowest BCUT2D eigenvalue weighted by atomic mass is 9.88. The molecule has 2 aromatic carbocycles. The summed E-state index contributed by atoms with van der Waals surface area (Å²) in [5.41, 5.74) is 3.98. The van der Waals surface area contributed by atoms with E-state index in [0.717, 1.165) is 36.6 Å². The van der Waals surface area contributed by atoms with Crippen LogP contribution in [-0.4, -0.2) is 38.7 Å². The van der Waals surface area contributed by atoms with Gasteiger partial charge in [-0.25, -0.2) is 13.1 Å². The quantitative estimate of drug-likeness (QED) is 0.573. The Morgan fingerprint density at radius 3 is 2.58 bits per heavy atom. The summed E-state index contributed by atoms with van der Waals surface area (Å²) < 4.78 is 33.3. The topological polar surface area (TPSA) is 89.5 Å². The first-order valence-corrected chi connectivity index (χ1v) is 12.7. The number of nitrogens with one attached hydrogen (secondary N) is 1. The fourth-order valence-corrected chi connectivity index (χ4v) is 5.24. The van der Waals surface area contributed by atoms with Crippen molar-refractivity contribution < 1.29 is 22.7 Å². The molecule has 0 radical (unpaired) electrons. The minimum absolute atomic E-state index is 0.0472. The number of thioether (sulfide) groups is 1. The molecule has 166 valence electrons. The first-order chi connectivity index (χ1) is 14.8. The number of hydrogen-bond acceptors (Lipinski definition) is 6. The van der Waals surface area contributed by atoms with Crippen molar-refractivity contribution >= 4 is 32.7 Å². The van der Waals surface area contributed by atoms with Gasteiger partial charge in [-0.1, -0.05) is 42.1 Å². The minimum atomic E-state index is -3.67. The van der Waals surface area contributed by atoms with Gasteiger partial charge in [-0.2, -0.15) is 0 Å². The number of Topliss-reactive ketones (excluding diaryl/α,β-unsaturated/α-hetero) is 1. The highest BCUT2D eigenvalue weighted by molar-refractivity contribution is 8.14. The van der Waals surface area contributed by atoms with Gasteiger partial charge in [0.05, 0.1) is 16.8 Å². The molecule has 0 bridgehead atoms. The molecule has 0 spiro atoms. The molecule has 8 heteroatoms. The highest BCUT2D eigenvalue weighted by Gasteiger charge is 2.20. The number of fused-ring (bicyclic) bond motifs is 1. The second-order valence-corrected chi connectivity index (χ2v) is 10.4. The van der Waals surface area contributed by atoms with Crippen molar-refractivity contribution in [3.8, 4) is 0 Å². The van der Waals surface area contributed by atoms with Crippen LogP contribution in [0.15, 0.2) is 47.4 Å². The number of ether oxygens (including phenoxy) is 1. The standard InChI is InChI=1S/C23H27NO5S2/c1-16(25)30-15-22(26)18-7-9-20(10-8-18)31(27,28)24-13-12-17-6-11-21-19(14-17)4-3-5-23(21)29-2/h6-11,14,23-24H,3-5,12-13,15H2,1-2H3. The minimum Gasteiger partial charge on any atom is -0.377 e. The highest BCUT2D eigenvalue weighted by atomic mass is 32.2. The molecule has 31 heavy (non-hydrogen) atoms. The lowest BCUT2D eigenvalue weighted by molar-refractivity contribution is -0.109. The van der Waals surface area contributed by atoms with Crippen LogP contribution in [0.25, 0.3) is 0 Å². The molecule has 0 amide bonds. The van der Waals surface area contributed by atoms with E-state index >= 15 is 0 Å². The maximum absolute atomic E-state index is 12.6. The average molecular weight is 462 g/mol. The third-order valence-corrected chi connectivity index (χ3v) is 7.64. The SMILES string of the molecule is COC1CCCc2cc(CCNS(=O)(=O)c3ccc(C(=O)CSC(C)=O)cc3)ccc21. The van der Waals surface area contributed by atoms with Crippen LogP contribution < -0.4 is 4.72 Å². The van der Waals surface area contributed by atoms with Crippen molar-refractivity contribution in [1.29, 1.82) is 0 Å². The second-order valence-electron chi connectivity index (χ2n) is 7.53. The molecule has 1 aliphatic rings. The zero-order chi connectivity index (χ0) is 22.4. The first kappa shape index (κ1) is 23.7. The zero-order valence-electron chi connectivity index (χ0n) is 17.7. The van der Waals surface area contributed by atoms with Crippen LogP contribution in [0.2, 0.25) is 0 Å². The smallest absolute Gasteiger partial charge is 0.240 e. The molecule has 0 aromatic heterocycles. The predicted octanol–water partition coefficient (Wildman–Crippen LogP) is 3.69. The lowest BCUT2D eigenvalue weighted by Gasteiger charge is -2.24. The van der Waals surface area contributed by atoms with E-state index in [1.807, 2.05) is 6.07 Å². The van der Waals surface area contributed by atoms with E-state index in [0.29, 0.717) is 12.0 Å². The Morgan fingerprint density at radius 1 is 1.16 bits per heavy atom. The largest absolute Gasteiger partial charge is 0.377 e. The maximum atomic E-state index is 12.6. The summed E-state index contributed by atoms with van der Waals surface area (Å²) in [7, 11) is -1.94. The molecule has 2 aromatic rings. The summed E-state index contributed by atoms with van der Waals surface area (Å²) in [6.45, 7) is 1.69. The van der Waals surface area contributed by atoms with Crippen molar-refractivity contribution in [2.24, 2.45) is 0 Å². The molecule has 1 unspecified atom stereocenters. The van der Waals surface area contributed by atoms with Crippen molar-refractivity contribution in [3.63, 3.8) is 0 Å². The van der Waals surface area contributed by atoms with Gasteiger partial charge in [0.2, 0.25) is 10.0 Å². The number of ketones is 1. The van der Waals surface area contributed by atoms with Crippen LogP contribution in [0.1, 0.15) is 52.9 Å². The Hall–Kier alpha value is -2.00. The van der Waals surface area contributed by atoms with Gasteiger partial charge in [0.1, 0.15) is 0 Å². The number of sulfonamides is 1. The number of carbonyl (C=O) groups is 2. The van der Waals surface area contributed by atoms with E-state index in [1.54, 1.807) is 7.11 Å². The van der Waals surface area contributed by atoms with Crippen molar-refractivity contribution in [2.75, 3.05) is 19.4 Å². The molecule has 1 N–H and O–H groups in total. The van der Waals surface area contributed by atoms with Gasteiger partial charge in [0.15, 0.2) is 10.9 Å². The summed E-state index contributed by atoms with van der Waals surface area (Å²) in [5.74, 6) is -0.161. The van der Waals surface area contributed by atoms with Crippen LogP contribution in [-0.2, 0) is 32.4 Å². The van der Waals surface area contributed by atoms with Gasteiger partial charge in [0, 0.05) is 26.1 Å². The van der Waals surface area contributed by atoms with E-state index in [4.69, 9.17) is 4.74 Å². The molecule has 0 aliphatic heterocycles. The van der Waals surface area contributed by atoms with Crippen LogP contribution in [0.4, 0.5) is 0 Å². The number of methoxy groups -OCH3 is 1. The summed E-state index contributed by atoms with van der Waals surface area (Å²) in [4.78, 5) is 23.1. The average Bonchev–Trinajstić information content (AvgIpc) is 2.76. The fourth-order valence-electron chi connectivity index (χ4n) is 3.71. The van der Waals surface area contributed by atoms with Gasteiger partial charge in [0.25, 0.3) is 0 Å². The second kappa shape index (κ2) is 10.5. The van der Waals surface area contributed by atoms with E-state index in [1.165, 1.54) is 42.3 Å². The third kappa shape index (κ3) is 6.26. The highest BCUT2D eigenvalue weighted by Crippen LogP contribution is 2.32. The fraction of sp³-hybridized carbons (Fsp3) is 0.391. The van der Waals surface area contributed by atoms with Crippen LogP contribution in [0.3, 0.4) is 0 Å². The van der Waals surface area contributed by atoms with Gasteiger partial charge >= 0.3 is 0 Å². The Kier molecular flexibility index (Phi) is 8.05. The summed E-state index contributed by atoms with van der Waals surface area (Å²) in [6, 6.07) is 12.1. The Balaban J connectivity index is 1.58. The van der Waals surface area contributed by atoms with Gasteiger partial charge < -0.3 is 4.74 Å². The van der Waals surface area contributed by atoms with Crippen molar-refractivity contribution in [2.45, 2.75) is 43.6 Å². The molecule has 0 saturated carbocycles. The van der Waals surface area contributed by atoms with Crippen LogP contribution in [0.5, 0.6) is 0 Å². The first-order valence-electron chi connectivity index (χ1n) is 10.2. The van der Waals surface area contributed by atoms with E-state index in [-0.39, 0.29) is 34.2 Å². The number of rotatable bonds is 9. The number of carbonyl (C=O) groups excluding carboxylic acids is 2. The molecule has 0 saturated heterocycles. The molecule has 0 heterocycles. The van der Waals surface area contributed by atoms with Crippen LogP contribution in [0, 0.1) is 0 Å². The molecule has 0 fully saturated rings. The molecule has 1 aliphatic carbocycles. The third-order valence-electron chi connectivity index (χ3n) is 5.35. The van der Waals surface area contributed by atoms with E-state index in [2.05, 4.69) is 16.9 Å². The Labute approximate surface area is 187 Å². The molecule has 3 rings (SSSR count). The summed E-state index contributed by atoms with van der Waals surface area (Å²) >= 11 is 0.937. The van der Waals surface area contributed by atoms with Crippen molar-refractivity contribution in [3.05, 3.63) is 64.7 Å². The Morgan fingerprint density at radius 2 is 1.90 bits per heavy atom. The number of benzene rings is 2. The maximum Gasteiger partial charge on any atom is 0.240 e. The van der Waals surface area contributed by atoms with Gasteiger partial charge in [-0.05, 0) is 54.5 Å². The summed E-state index contributed by atoms with van der Waals surface area (Å²) in [5, 5.41) is -0.130. The van der Waals surface area contributed by atoms with Crippen LogP contribution >= 0.6 is 11.8 Å². The molecular formula is C23H27NO5S2. The van der Waals surface area contributed by atoms with Crippen molar-refractivity contribution in [1.82, 2.24) is 4.72 Å². The molecule has 1 atom stereocenters. The molecular weight excluding hydrogens is 434 g/mol. The normalized spacial score (nSPS) is 16.0. The van der Waals surface area contributed by atoms with Gasteiger partial charge in [-0.3, -0.25) is 9.59 Å². The van der Waals surface area contributed by atoms with E-state index in [9.17, 15) is 18.0 Å². The zero-order valence-corrected chi connectivity index (χ0v) is 19.4. The number of aryl methyl sites for hydroxylation is 1. The number of hydrogen-bond donors (Lipinski definition) is 1. The molecule has 6 nitrogen and oxygen atoms in total. The predicted molar refractivity (Wildman–Crippen MR) is 122 cm³/mol. The lowest BCUT2D eigenvalue weighted by Crippen LogP contribution is -2.26. The Bertz CT molecular complexity index is 1050. The van der Waals surface area contributed by atoms with E-state index < -0.39 is 10.0 Å².